The van der Waals surface area contributed by atoms with Crippen molar-refractivity contribution in [3.8, 4) is 5.75 Å². The van der Waals surface area contributed by atoms with Crippen molar-refractivity contribution in [2.24, 2.45) is 0 Å². The smallest absolute Gasteiger partial charge is 0.118 e. The minimum absolute atomic E-state index is 0.0464. The van der Waals surface area contributed by atoms with Gasteiger partial charge >= 0.3 is 0 Å². The lowest BCUT2D eigenvalue weighted by Crippen LogP contribution is -2.42. The predicted octanol–water partition coefficient (Wildman–Crippen LogP) is 4.95. The highest BCUT2D eigenvalue weighted by Crippen LogP contribution is 2.42. The molecule has 0 spiro atoms. The van der Waals surface area contributed by atoms with Crippen molar-refractivity contribution in [3.63, 3.8) is 0 Å². The second kappa shape index (κ2) is 9.38. The van der Waals surface area contributed by atoms with E-state index in [1.165, 1.54) is 24.8 Å². The number of hydrogen-bond acceptors (Lipinski definition) is 3. The third-order valence-corrected chi connectivity index (χ3v) is 5.89. The van der Waals surface area contributed by atoms with E-state index in [1.807, 2.05) is 30.3 Å². The molecule has 2 atom stereocenters. The number of likely N-dealkylation sites (tertiary alicyclic amines) is 1. The van der Waals surface area contributed by atoms with Crippen LogP contribution >= 0.6 is 0 Å². The second-order valence-electron chi connectivity index (χ2n) is 7.73. The van der Waals surface area contributed by atoms with Crippen molar-refractivity contribution >= 4 is 0 Å². The number of piperidine rings is 1. The summed E-state index contributed by atoms with van der Waals surface area (Å²) >= 11 is 0. The summed E-state index contributed by atoms with van der Waals surface area (Å²) in [6.45, 7) is 5.31. The third-order valence-electron chi connectivity index (χ3n) is 5.89. The molecule has 146 valence electrons. The van der Waals surface area contributed by atoms with Crippen LogP contribution in [0.5, 0.6) is 5.75 Å². The quantitative estimate of drug-likeness (QED) is 0.716. The summed E-state index contributed by atoms with van der Waals surface area (Å²) in [5, 5.41) is 12.0. The predicted molar refractivity (Wildman–Crippen MR) is 111 cm³/mol. The molecule has 0 radical (unpaired) electrons. The molecule has 1 aliphatic heterocycles. The fourth-order valence-corrected chi connectivity index (χ4v) is 4.40. The fraction of sp³-hybridized carbons (Fsp3) is 0.500. The Hall–Kier alpha value is -1.84. The maximum atomic E-state index is 12.0. The van der Waals surface area contributed by atoms with Gasteiger partial charge in [0.2, 0.25) is 0 Å². The Morgan fingerprint density at radius 2 is 1.67 bits per heavy atom. The number of hydrogen-bond donors (Lipinski definition) is 1. The number of aliphatic hydroxyl groups is 1. The Kier molecular flexibility index (Phi) is 6.92. The number of methoxy groups -OCH3 is 1. The van der Waals surface area contributed by atoms with Crippen LogP contribution in [0.15, 0.2) is 54.6 Å². The fourth-order valence-electron chi connectivity index (χ4n) is 4.40. The molecule has 0 saturated carbocycles. The van der Waals surface area contributed by atoms with Gasteiger partial charge in [-0.15, -0.1) is 0 Å². The molecular weight excluding hydrogens is 334 g/mol. The maximum absolute atomic E-state index is 12.0. The van der Waals surface area contributed by atoms with E-state index in [0.717, 1.165) is 43.8 Å². The standard InChI is InChI=1S/C24H33NO2/c1-3-16-24(26,21-12-14-22(27-2)15-13-21)23(20-10-6-4-7-11-20)19-25-17-8-5-9-18-25/h4,6-7,10-15,23,26H,3,5,8-9,16-19H2,1-2H3/t23-,24-/m0/s1. The summed E-state index contributed by atoms with van der Waals surface area (Å²) in [4.78, 5) is 2.53. The van der Waals surface area contributed by atoms with Crippen LogP contribution in [0.25, 0.3) is 0 Å². The Labute approximate surface area is 164 Å². The summed E-state index contributed by atoms with van der Waals surface area (Å²) in [5.41, 5.74) is 1.31. The van der Waals surface area contributed by atoms with E-state index in [1.54, 1.807) is 7.11 Å². The lowest BCUT2D eigenvalue weighted by molar-refractivity contribution is -0.0152. The number of rotatable bonds is 8. The topological polar surface area (TPSA) is 32.7 Å². The monoisotopic (exact) mass is 367 g/mol. The van der Waals surface area contributed by atoms with E-state index in [2.05, 4.69) is 36.1 Å². The van der Waals surface area contributed by atoms with Crippen LogP contribution in [-0.4, -0.2) is 36.8 Å². The van der Waals surface area contributed by atoms with Crippen LogP contribution in [0.2, 0.25) is 0 Å². The van der Waals surface area contributed by atoms with E-state index >= 15 is 0 Å². The lowest BCUT2D eigenvalue weighted by atomic mass is 9.74. The molecule has 1 saturated heterocycles. The second-order valence-corrected chi connectivity index (χ2v) is 7.73. The minimum Gasteiger partial charge on any atom is -0.497 e. The van der Waals surface area contributed by atoms with E-state index in [-0.39, 0.29) is 5.92 Å². The summed E-state index contributed by atoms with van der Waals surface area (Å²) in [6.07, 6.45) is 5.52. The molecule has 0 aromatic heterocycles. The van der Waals surface area contributed by atoms with Crippen molar-refractivity contribution in [2.45, 2.75) is 50.5 Å². The Balaban J connectivity index is 1.98. The average molecular weight is 368 g/mol. The molecule has 3 rings (SSSR count). The van der Waals surface area contributed by atoms with Gasteiger partial charge in [-0.2, -0.15) is 0 Å². The number of nitrogens with zero attached hydrogens (tertiary/aromatic N) is 1. The zero-order valence-corrected chi connectivity index (χ0v) is 16.7. The first-order chi connectivity index (χ1) is 13.2. The van der Waals surface area contributed by atoms with Crippen molar-refractivity contribution in [1.82, 2.24) is 4.90 Å². The summed E-state index contributed by atoms with van der Waals surface area (Å²) in [5.74, 6) is 0.870. The van der Waals surface area contributed by atoms with Crippen molar-refractivity contribution in [2.75, 3.05) is 26.7 Å². The highest BCUT2D eigenvalue weighted by atomic mass is 16.5. The van der Waals surface area contributed by atoms with Gasteiger partial charge in [-0.25, -0.2) is 0 Å². The van der Waals surface area contributed by atoms with Crippen LogP contribution in [0, 0.1) is 0 Å². The number of benzene rings is 2. The Bertz CT molecular complexity index is 679. The Morgan fingerprint density at radius 1 is 1.00 bits per heavy atom. The highest BCUT2D eigenvalue weighted by Gasteiger charge is 2.39. The Morgan fingerprint density at radius 3 is 2.26 bits per heavy atom. The van der Waals surface area contributed by atoms with Gasteiger partial charge in [0.25, 0.3) is 0 Å². The van der Waals surface area contributed by atoms with Crippen molar-refractivity contribution < 1.29 is 9.84 Å². The molecule has 3 heteroatoms. The lowest BCUT2D eigenvalue weighted by Gasteiger charge is -2.41. The zero-order chi connectivity index (χ0) is 19.1. The maximum Gasteiger partial charge on any atom is 0.118 e. The number of ether oxygens (including phenoxy) is 1. The molecule has 1 heterocycles. The molecule has 2 aromatic rings. The van der Waals surface area contributed by atoms with Gasteiger partial charge < -0.3 is 14.7 Å². The molecule has 0 amide bonds. The van der Waals surface area contributed by atoms with E-state index in [0.29, 0.717) is 0 Å². The first-order valence-corrected chi connectivity index (χ1v) is 10.3. The summed E-state index contributed by atoms with van der Waals surface area (Å²) in [6, 6.07) is 18.5. The van der Waals surface area contributed by atoms with Crippen LogP contribution in [0.4, 0.5) is 0 Å². The molecule has 0 unspecified atom stereocenters. The van der Waals surface area contributed by atoms with Gasteiger partial charge in [-0.05, 0) is 55.6 Å². The first kappa shape index (κ1) is 19.9. The molecule has 0 bridgehead atoms. The van der Waals surface area contributed by atoms with Crippen LogP contribution in [0.1, 0.15) is 56.1 Å². The van der Waals surface area contributed by atoms with Gasteiger partial charge in [0.05, 0.1) is 12.7 Å². The van der Waals surface area contributed by atoms with Gasteiger partial charge in [0.15, 0.2) is 0 Å². The zero-order valence-electron chi connectivity index (χ0n) is 16.7. The highest BCUT2D eigenvalue weighted by molar-refractivity contribution is 5.35. The van der Waals surface area contributed by atoms with Gasteiger partial charge in [-0.1, -0.05) is 62.2 Å². The van der Waals surface area contributed by atoms with E-state index in [9.17, 15) is 5.11 Å². The molecule has 1 fully saturated rings. The van der Waals surface area contributed by atoms with Crippen molar-refractivity contribution in [3.05, 3.63) is 65.7 Å². The molecule has 3 nitrogen and oxygen atoms in total. The van der Waals surface area contributed by atoms with Crippen LogP contribution in [0.3, 0.4) is 0 Å². The molecule has 0 aliphatic carbocycles. The minimum atomic E-state index is -0.889. The van der Waals surface area contributed by atoms with Gasteiger partial charge in [0, 0.05) is 12.5 Å². The molecule has 27 heavy (non-hydrogen) atoms. The van der Waals surface area contributed by atoms with E-state index < -0.39 is 5.60 Å². The van der Waals surface area contributed by atoms with Gasteiger partial charge in [-0.3, -0.25) is 0 Å². The largest absolute Gasteiger partial charge is 0.497 e. The van der Waals surface area contributed by atoms with Crippen LogP contribution in [-0.2, 0) is 5.60 Å². The van der Waals surface area contributed by atoms with E-state index in [4.69, 9.17) is 4.74 Å². The first-order valence-electron chi connectivity index (χ1n) is 10.3. The third kappa shape index (κ3) is 4.72. The summed E-state index contributed by atoms with van der Waals surface area (Å²) < 4.78 is 5.32. The molecule has 1 aliphatic rings. The molecule has 1 N–H and O–H groups in total. The average Bonchev–Trinajstić information content (AvgIpc) is 2.73. The molecule has 2 aromatic carbocycles. The summed E-state index contributed by atoms with van der Waals surface area (Å²) in [7, 11) is 1.68. The van der Waals surface area contributed by atoms with Crippen molar-refractivity contribution in [1.29, 1.82) is 0 Å². The van der Waals surface area contributed by atoms with Crippen LogP contribution < -0.4 is 4.74 Å². The normalized spacial score (nSPS) is 18.6. The molecular formula is C24H33NO2. The SMILES string of the molecule is CCC[C@](O)(c1ccc(OC)cc1)[C@@H](CN1CCCCC1)c1ccccc1. The van der Waals surface area contributed by atoms with Gasteiger partial charge in [0.1, 0.15) is 5.75 Å².